The van der Waals surface area contributed by atoms with Gasteiger partial charge in [0.25, 0.3) is 0 Å². The van der Waals surface area contributed by atoms with Crippen LogP contribution in [0.3, 0.4) is 0 Å². The number of aryl methyl sites for hydroxylation is 2. The summed E-state index contributed by atoms with van der Waals surface area (Å²) in [5, 5.41) is 7.66. The van der Waals surface area contributed by atoms with Gasteiger partial charge < -0.3 is 16.0 Å². The van der Waals surface area contributed by atoms with Crippen molar-refractivity contribution in [2.45, 2.75) is 20.8 Å². The fraction of sp³-hybridized carbons (Fsp3) is 0.167. The molecule has 0 heterocycles. The number of benzene rings is 2. The maximum absolute atomic E-state index is 12.0. The van der Waals surface area contributed by atoms with Crippen molar-refractivity contribution in [3.8, 4) is 0 Å². The molecule has 0 atom stereocenters. The van der Waals surface area contributed by atoms with Gasteiger partial charge >= 0.3 is 11.8 Å². The summed E-state index contributed by atoms with van der Waals surface area (Å²) in [6.45, 7) is 5.29. The molecule has 2 aromatic carbocycles. The van der Waals surface area contributed by atoms with Crippen molar-refractivity contribution in [2.75, 3.05) is 16.0 Å². The van der Waals surface area contributed by atoms with Gasteiger partial charge in [-0.2, -0.15) is 0 Å². The predicted molar refractivity (Wildman–Crippen MR) is 93.9 cm³/mol. The minimum Gasteiger partial charge on any atom is -0.326 e. The van der Waals surface area contributed by atoms with Crippen molar-refractivity contribution in [1.82, 2.24) is 0 Å². The first-order valence-corrected chi connectivity index (χ1v) is 7.42. The van der Waals surface area contributed by atoms with Gasteiger partial charge in [-0.1, -0.05) is 12.1 Å². The number of hydrogen-bond donors (Lipinski definition) is 3. The van der Waals surface area contributed by atoms with Crippen LogP contribution in [0.15, 0.2) is 42.5 Å². The summed E-state index contributed by atoms with van der Waals surface area (Å²) < 4.78 is 0. The quantitative estimate of drug-likeness (QED) is 0.758. The summed E-state index contributed by atoms with van der Waals surface area (Å²) in [5.41, 5.74) is 3.64. The van der Waals surface area contributed by atoms with Crippen LogP contribution >= 0.6 is 0 Å². The molecule has 0 aliphatic heterocycles. The third-order valence-corrected chi connectivity index (χ3v) is 3.41. The van der Waals surface area contributed by atoms with Crippen LogP contribution in [-0.4, -0.2) is 17.7 Å². The van der Waals surface area contributed by atoms with E-state index in [0.717, 1.165) is 11.1 Å². The first kappa shape index (κ1) is 17.2. The molecule has 3 N–H and O–H groups in total. The van der Waals surface area contributed by atoms with Gasteiger partial charge in [-0.25, -0.2) is 0 Å². The Balaban J connectivity index is 2.02. The van der Waals surface area contributed by atoms with Gasteiger partial charge in [-0.15, -0.1) is 0 Å². The van der Waals surface area contributed by atoms with Crippen LogP contribution in [0.5, 0.6) is 0 Å². The topological polar surface area (TPSA) is 87.3 Å². The lowest BCUT2D eigenvalue weighted by atomic mass is 10.1. The van der Waals surface area contributed by atoms with Gasteiger partial charge in [0, 0.05) is 24.0 Å². The summed E-state index contributed by atoms with van der Waals surface area (Å²) in [6.07, 6.45) is 0. The minimum absolute atomic E-state index is 0.217. The van der Waals surface area contributed by atoms with Crippen molar-refractivity contribution in [3.05, 3.63) is 53.6 Å². The summed E-state index contributed by atoms with van der Waals surface area (Å²) in [5.74, 6) is -1.76. The fourth-order valence-electron chi connectivity index (χ4n) is 2.07. The summed E-state index contributed by atoms with van der Waals surface area (Å²) >= 11 is 0. The molecule has 0 radical (unpaired) electrons. The zero-order valence-electron chi connectivity index (χ0n) is 13.8. The Bertz CT molecular complexity index is 800. The van der Waals surface area contributed by atoms with Crippen molar-refractivity contribution >= 4 is 34.8 Å². The van der Waals surface area contributed by atoms with E-state index in [2.05, 4.69) is 16.0 Å². The monoisotopic (exact) mass is 325 g/mol. The second-order valence-corrected chi connectivity index (χ2v) is 5.47. The lowest BCUT2D eigenvalue weighted by Crippen LogP contribution is -2.29. The summed E-state index contributed by atoms with van der Waals surface area (Å²) in [6, 6.07) is 12.0. The molecule has 0 fully saturated rings. The van der Waals surface area contributed by atoms with E-state index in [0.29, 0.717) is 17.1 Å². The molecule has 3 amide bonds. The van der Waals surface area contributed by atoms with Gasteiger partial charge in [0.15, 0.2) is 0 Å². The molecule has 0 unspecified atom stereocenters. The van der Waals surface area contributed by atoms with Gasteiger partial charge in [-0.05, 0) is 55.3 Å². The van der Waals surface area contributed by atoms with E-state index in [9.17, 15) is 14.4 Å². The van der Waals surface area contributed by atoms with Crippen LogP contribution in [0.2, 0.25) is 0 Å². The highest BCUT2D eigenvalue weighted by Crippen LogP contribution is 2.16. The van der Waals surface area contributed by atoms with E-state index in [-0.39, 0.29) is 5.91 Å². The van der Waals surface area contributed by atoms with E-state index in [1.165, 1.54) is 6.92 Å². The Morgan fingerprint density at radius 3 is 1.79 bits per heavy atom. The molecular formula is C18H19N3O3. The molecule has 6 heteroatoms. The van der Waals surface area contributed by atoms with E-state index >= 15 is 0 Å². The molecule has 0 saturated heterocycles. The Morgan fingerprint density at radius 2 is 1.25 bits per heavy atom. The van der Waals surface area contributed by atoms with Crippen molar-refractivity contribution in [3.63, 3.8) is 0 Å². The summed E-state index contributed by atoms with van der Waals surface area (Å²) in [4.78, 5) is 35.0. The second kappa shape index (κ2) is 7.41. The smallest absolute Gasteiger partial charge is 0.314 e. The Hall–Kier alpha value is -3.15. The molecule has 124 valence electrons. The fourth-order valence-corrected chi connectivity index (χ4v) is 2.07. The minimum atomic E-state index is -0.784. The highest BCUT2D eigenvalue weighted by molar-refractivity contribution is 6.43. The standard InChI is InChI=1S/C18H19N3O3/c1-11-7-8-16(9-12(11)2)21-18(24)17(23)20-15-6-4-5-14(10-15)19-13(3)22/h4-10H,1-3H3,(H,19,22)(H,20,23)(H,21,24). The highest BCUT2D eigenvalue weighted by Gasteiger charge is 2.14. The van der Waals surface area contributed by atoms with Crippen LogP contribution in [0.1, 0.15) is 18.1 Å². The largest absolute Gasteiger partial charge is 0.326 e. The highest BCUT2D eigenvalue weighted by atomic mass is 16.2. The SMILES string of the molecule is CC(=O)Nc1cccc(NC(=O)C(=O)Nc2ccc(C)c(C)c2)c1. The molecule has 0 aromatic heterocycles. The second-order valence-electron chi connectivity index (χ2n) is 5.47. The number of rotatable bonds is 3. The van der Waals surface area contributed by atoms with Gasteiger partial charge in [0.05, 0.1) is 0 Å². The Kier molecular flexibility index (Phi) is 5.31. The van der Waals surface area contributed by atoms with Crippen molar-refractivity contribution in [2.24, 2.45) is 0 Å². The average Bonchev–Trinajstić information content (AvgIpc) is 2.50. The number of carbonyl (C=O) groups is 3. The van der Waals surface area contributed by atoms with Crippen LogP contribution in [0.4, 0.5) is 17.1 Å². The van der Waals surface area contributed by atoms with E-state index in [1.54, 1.807) is 36.4 Å². The zero-order valence-corrected chi connectivity index (χ0v) is 13.8. The molecule has 0 spiro atoms. The van der Waals surface area contributed by atoms with Crippen LogP contribution in [0, 0.1) is 13.8 Å². The van der Waals surface area contributed by atoms with E-state index in [1.807, 2.05) is 19.9 Å². The molecule has 0 aliphatic carbocycles. The summed E-state index contributed by atoms with van der Waals surface area (Å²) in [7, 11) is 0. The Labute approximate surface area is 140 Å². The van der Waals surface area contributed by atoms with Gasteiger partial charge in [-0.3, -0.25) is 14.4 Å². The molecule has 2 aromatic rings. The maximum atomic E-state index is 12.0. The number of nitrogens with one attached hydrogen (secondary N) is 3. The van der Waals surface area contributed by atoms with Crippen molar-refractivity contribution < 1.29 is 14.4 Å². The van der Waals surface area contributed by atoms with Gasteiger partial charge in [0.1, 0.15) is 0 Å². The number of hydrogen-bond acceptors (Lipinski definition) is 3. The third kappa shape index (κ3) is 4.67. The number of anilines is 3. The molecule has 24 heavy (non-hydrogen) atoms. The molecule has 0 bridgehead atoms. The molecule has 0 aliphatic rings. The van der Waals surface area contributed by atoms with Crippen LogP contribution < -0.4 is 16.0 Å². The first-order valence-electron chi connectivity index (χ1n) is 7.42. The van der Waals surface area contributed by atoms with Gasteiger partial charge in [0.2, 0.25) is 5.91 Å². The van der Waals surface area contributed by atoms with Crippen LogP contribution in [0.25, 0.3) is 0 Å². The lowest BCUT2D eigenvalue weighted by Gasteiger charge is -2.09. The van der Waals surface area contributed by atoms with Crippen LogP contribution in [-0.2, 0) is 14.4 Å². The normalized spacial score (nSPS) is 9.96. The van der Waals surface area contributed by atoms with E-state index < -0.39 is 11.8 Å². The average molecular weight is 325 g/mol. The van der Waals surface area contributed by atoms with E-state index in [4.69, 9.17) is 0 Å². The zero-order chi connectivity index (χ0) is 17.7. The maximum Gasteiger partial charge on any atom is 0.314 e. The predicted octanol–water partition coefficient (Wildman–Crippen LogP) is 2.84. The first-order chi connectivity index (χ1) is 11.3. The Morgan fingerprint density at radius 1 is 0.708 bits per heavy atom. The third-order valence-electron chi connectivity index (χ3n) is 3.41. The molecule has 6 nitrogen and oxygen atoms in total. The lowest BCUT2D eigenvalue weighted by molar-refractivity contribution is -0.132. The number of amides is 3. The number of carbonyl (C=O) groups excluding carboxylic acids is 3. The molecule has 2 rings (SSSR count). The van der Waals surface area contributed by atoms with Crippen molar-refractivity contribution in [1.29, 1.82) is 0 Å². The molecule has 0 saturated carbocycles. The molecular weight excluding hydrogens is 306 g/mol.